The lowest BCUT2D eigenvalue weighted by molar-refractivity contribution is -0.143. The molecule has 16 heavy (non-hydrogen) atoms. The van der Waals surface area contributed by atoms with Gasteiger partial charge in [0.15, 0.2) is 0 Å². The lowest BCUT2D eigenvalue weighted by Gasteiger charge is -2.38. The maximum atomic E-state index is 10.9. The van der Waals surface area contributed by atoms with Gasteiger partial charge in [0.25, 0.3) is 5.71 Å². The number of nitrogens with zero attached hydrogens (tertiary/aromatic N) is 2. The number of hydrogen-bond acceptors (Lipinski definition) is 1. The van der Waals surface area contributed by atoms with E-state index in [-0.39, 0.29) is 11.3 Å². The fraction of sp³-hybridized carbons (Fsp3) is 0.833. The summed E-state index contributed by atoms with van der Waals surface area (Å²) in [5, 5.41) is 8.97. The summed E-state index contributed by atoms with van der Waals surface area (Å²) in [5.74, 6) is -0.861. The molecule has 2 aliphatic rings. The van der Waals surface area contributed by atoms with Crippen molar-refractivity contribution in [2.45, 2.75) is 51.4 Å². The largest absolute Gasteiger partial charge is 0.481 e. The molecule has 0 radical (unpaired) electrons. The van der Waals surface area contributed by atoms with Crippen LogP contribution in [-0.2, 0) is 4.79 Å². The average molecular weight is 222 g/mol. The molecular weight excluding hydrogens is 204 g/mol. The third-order valence-corrected chi connectivity index (χ3v) is 4.34. The summed E-state index contributed by atoms with van der Waals surface area (Å²) < 4.78 is 0. The lowest BCUT2D eigenvalue weighted by Crippen LogP contribution is -2.39. The first kappa shape index (κ1) is 11.3. The Morgan fingerprint density at radius 3 is 2.56 bits per heavy atom. The van der Waals surface area contributed by atoms with E-state index in [0.29, 0.717) is 0 Å². The van der Waals surface area contributed by atoms with Gasteiger partial charge in [-0.05, 0) is 38.5 Å². The number of carboxylic acid groups (broad SMARTS) is 1. The number of aliphatic carboxylic acids is 1. The van der Waals surface area contributed by atoms with Crippen molar-refractivity contribution in [2.24, 2.45) is 11.3 Å². The van der Waals surface area contributed by atoms with Crippen LogP contribution in [0.4, 0.5) is 0 Å². The first-order valence-electron chi connectivity index (χ1n) is 6.12. The van der Waals surface area contributed by atoms with Crippen LogP contribution >= 0.6 is 0 Å². The minimum absolute atomic E-state index is 0.0267. The number of carboxylic acids is 1. The summed E-state index contributed by atoms with van der Waals surface area (Å²) in [7, 11) is 0. The SMILES string of the molecule is [N-]=[N+]=C1CCCCC12CCC(C(=O)O)CC2. The van der Waals surface area contributed by atoms with Crippen LogP contribution in [-0.4, -0.2) is 21.6 Å². The van der Waals surface area contributed by atoms with Crippen molar-refractivity contribution >= 4 is 11.7 Å². The van der Waals surface area contributed by atoms with Gasteiger partial charge in [-0.3, -0.25) is 4.79 Å². The van der Waals surface area contributed by atoms with Gasteiger partial charge in [-0.1, -0.05) is 6.42 Å². The highest BCUT2D eigenvalue weighted by Gasteiger charge is 2.46. The van der Waals surface area contributed by atoms with E-state index in [4.69, 9.17) is 10.6 Å². The summed E-state index contributed by atoms with van der Waals surface area (Å²) in [5.41, 5.74) is 10.0. The van der Waals surface area contributed by atoms with Gasteiger partial charge in [-0.15, -0.1) is 0 Å². The molecule has 0 aliphatic heterocycles. The second-order valence-corrected chi connectivity index (χ2v) is 5.15. The first-order valence-corrected chi connectivity index (χ1v) is 6.12. The van der Waals surface area contributed by atoms with Crippen molar-refractivity contribution in [3.8, 4) is 0 Å². The van der Waals surface area contributed by atoms with Crippen LogP contribution in [0.1, 0.15) is 51.4 Å². The zero-order valence-electron chi connectivity index (χ0n) is 9.48. The Morgan fingerprint density at radius 1 is 1.31 bits per heavy atom. The Hall–Kier alpha value is -1.15. The molecule has 0 aromatic heterocycles. The van der Waals surface area contributed by atoms with E-state index >= 15 is 0 Å². The van der Waals surface area contributed by atoms with Crippen molar-refractivity contribution < 1.29 is 14.7 Å². The van der Waals surface area contributed by atoms with E-state index in [2.05, 4.69) is 4.79 Å². The molecule has 88 valence electrons. The van der Waals surface area contributed by atoms with Crippen molar-refractivity contribution in [1.82, 2.24) is 0 Å². The maximum Gasteiger partial charge on any atom is 0.306 e. The van der Waals surface area contributed by atoms with Crippen molar-refractivity contribution in [3.05, 3.63) is 5.53 Å². The van der Waals surface area contributed by atoms with E-state index < -0.39 is 5.97 Å². The van der Waals surface area contributed by atoms with Crippen molar-refractivity contribution in [2.75, 3.05) is 0 Å². The highest BCUT2D eigenvalue weighted by atomic mass is 16.4. The smallest absolute Gasteiger partial charge is 0.306 e. The molecule has 2 aliphatic carbocycles. The minimum atomic E-state index is -0.673. The third kappa shape index (κ3) is 1.90. The quantitative estimate of drug-likeness (QED) is 0.546. The van der Waals surface area contributed by atoms with Crippen molar-refractivity contribution in [1.29, 1.82) is 0 Å². The summed E-state index contributed by atoms with van der Waals surface area (Å²) >= 11 is 0. The van der Waals surface area contributed by atoms with Gasteiger partial charge in [-0.2, -0.15) is 4.79 Å². The fourth-order valence-electron chi connectivity index (χ4n) is 3.28. The molecule has 0 saturated heterocycles. The fourth-order valence-corrected chi connectivity index (χ4v) is 3.28. The van der Waals surface area contributed by atoms with Gasteiger partial charge in [0.05, 0.1) is 11.3 Å². The van der Waals surface area contributed by atoms with E-state index in [1.54, 1.807) is 0 Å². The van der Waals surface area contributed by atoms with Gasteiger partial charge < -0.3 is 10.6 Å². The monoisotopic (exact) mass is 222 g/mol. The first-order chi connectivity index (χ1) is 7.68. The van der Waals surface area contributed by atoms with Crippen LogP contribution in [0.5, 0.6) is 0 Å². The molecule has 0 amide bonds. The summed E-state index contributed by atoms with van der Waals surface area (Å²) in [4.78, 5) is 14.4. The minimum Gasteiger partial charge on any atom is -0.481 e. The van der Waals surface area contributed by atoms with Crippen LogP contribution in [0.3, 0.4) is 0 Å². The maximum absolute atomic E-state index is 10.9. The zero-order valence-corrected chi connectivity index (χ0v) is 9.48. The second-order valence-electron chi connectivity index (χ2n) is 5.15. The van der Waals surface area contributed by atoms with Crippen LogP contribution in [0, 0.1) is 11.3 Å². The number of carbonyl (C=O) groups is 1. The average Bonchev–Trinajstić information content (AvgIpc) is 2.30. The Kier molecular flexibility index (Phi) is 3.10. The second kappa shape index (κ2) is 4.38. The molecule has 4 heteroatoms. The standard InChI is InChI=1S/C12H18N2O2/c13-14-10-3-1-2-6-12(10)7-4-9(5-8-12)11(15)16/h9H,1-8H2,(H,15,16). The molecule has 2 fully saturated rings. The molecule has 0 aromatic carbocycles. The summed E-state index contributed by atoms with van der Waals surface area (Å²) in [6.45, 7) is 0. The van der Waals surface area contributed by atoms with Gasteiger partial charge in [-0.25, -0.2) is 0 Å². The highest BCUT2D eigenvalue weighted by molar-refractivity contribution is 5.86. The molecule has 0 aromatic rings. The van der Waals surface area contributed by atoms with E-state index in [9.17, 15) is 4.79 Å². The number of hydrogen-bond donors (Lipinski definition) is 1. The molecule has 1 N–H and O–H groups in total. The van der Waals surface area contributed by atoms with Crippen LogP contribution in [0.25, 0.3) is 5.53 Å². The van der Waals surface area contributed by atoms with Gasteiger partial charge in [0.1, 0.15) is 0 Å². The van der Waals surface area contributed by atoms with Crippen LogP contribution in [0.2, 0.25) is 0 Å². The Labute approximate surface area is 95.3 Å². The van der Waals surface area contributed by atoms with Crippen LogP contribution in [0.15, 0.2) is 0 Å². The molecule has 0 unspecified atom stereocenters. The molecule has 4 nitrogen and oxygen atoms in total. The number of rotatable bonds is 1. The van der Waals surface area contributed by atoms with Gasteiger partial charge >= 0.3 is 5.97 Å². The molecule has 1 spiro atoms. The van der Waals surface area contributed by atoms with E-state index in [0.717, 1.165) is 50.7 Å². The topological polar surface area (TPSA) is 73.7 Å². The van der Waals surface area contributed by atoms with Gasteiger partial charge in [0.2, 0.25) is 0 Å². The molecule has 2 rings (SSSR count). The Bertz CT molecular complexity index is 337. The Balaban J connectivity index is 2.10. The third-order valence-electron chi connectivity index (χ3n) is 4.34. The highest BCUT2D eigenvalue weighted by Crippen LogP contribution is 2.46. The predicted molar refractivity (Wildman–Crippen MR) is 59.1 cm³/mol. The Morgan fingerprint density at radius 2 is 2.00 bits per heavy atom. The predicted octanol–water partition coefficient (Wildman–Crippen LogP) is 2.49. The molecule has 0 bridgehead atoms. The molecule has 0 heterocycles. The molecule has 2 saturated carbocycles. The lowest BCUT2D eigenvalue weighted by atomic mass is 9.62. The van der Waals surface area contributed by atoms with Crippen LogP contribution < -0.4 is 0 Å². The van der Waals surface area contributed by atoms with E-state index in [1.165, 1.54) is 6.42 Å². The van der Waals surface area contributed by atoms with Gasteiger partial charge in [0, 0.05) is 6.42 Å². The normalized spacial score (nSPS) is 34.8. The molecular formula is C12H18N2O2. The zero-order chi connectivity index (χ0) is 11.6. The van der Waals surface area contributed by atoms with Crippen molar-refractivity contribution in [3.63, 3.8) is 0 Å². The molecule has 0 atom stereocenters. The van der Waals surface area contributed by atoms with E-state index in [1.807, 2.05) is 0 Å². The summed E-state index contributed by atoms with van der Waals surface area (Å²) in [6.07, 6.45) is 7.45. The summed E-state index contributed by atoms with van der Waals surface area (Å²) in [6, 6.07) is 0.